The number of rotatable bonds is 6. The van der Waals surface area contributed by atoms with E-state index in [1.54, 1.807) is 38.1 Å². The van der Waals surface area contributed by atoms with Crippen molar-refractivity contribution in [3.8, 4) is 22.5 Å². The Bertz CT molecular complexity index is 1230. The van der Waals surface area contributed by atoms with Gasteiger partial charge in [0.25, 0.3) is 0 Å². The summed E-state index contributed by atoms with van der Waals surface area (Å²) in [5.74, 6) is -0.271. The zero-order chi connectivity index (χ0) is 21.8. The fourth-order valence-electron chi connectivity index (χ4n) is 3.61. The standard InChI is InChI=1S/C26H22O5/c1-3-29-25(27)19-14-12-18(13-15-19)23-22(26(28)30-4-2)16-31-24(23)21-11-7-9-17-8-5-6-10-20(17)21/h5-16H,3-4H2,1-2H3. The second-order valence-corrected chi connectivity index (χ2v) is 6.90. The molecule has 0 N–H and O–H groups in total. The van der Waals surface area contributed by atoms with Crippen molar-refractivity contribution < 1.29 is 23.5 Å². The lowest BCUT2D eigenvalue weighted by molar-refractivity contribution is 0.0516. The first kappa shape index (κ1) is 20.4. The number of furan rings is 1. The van der Waals surface area contributed by atoms with Crippen LogP contribution in [0.2, 0.25) is 0 Å². The van der Waals surface area contributed by atoms with Gasteiger partial charge in [-0.1, -0.05) is 54.6 Å². The van der Waals surface area contributed by atoms with E-state index in [0.29, 0.717) is 29.1 Å². The summed E-state index contributed by atoms with van der Waals surface area (Å²) in [6.07, 6.45) is 1.43. The Morgan fingerprint density at radius 2 is 1.48 bits per heavy atom. The highest BCUT2D eigenvalue weighted by Crippen LogP contribution is 2.40. The Balaban J connectivity index is 1.88. The highest BCUT2D eigenvalue weighted by Gasteiger charge is 2.24. The van der Waals surface area contributed by atoms with Crippen LogP contribution < -0.4 is 0 Å². The Labute approximate surface area is 180 Å². The number of hydrogen-bond acceptors (Lipinski definition) is 5. The normalized spacial score (nSPS) is 10.8. The molecule has 0 aliphatic heterocycles. The summed E-state index contributed by atoms with van der Waals surface area (Å²) in [6, 6.07) is 20.9. The van der Waals surface area contributed by atoms with Crippen LogP contribution in [0.15, 0.2) is 77.4 Å². The Morgan fingerprint density at radius 3 is 2.23 bits per heavy atom. The van der Waals surface area contributed by atoms with Gasteiger partial charge < -0.3 is 13.9 Å². The molecule has 4 aromatic rings. The molecule has 0 saturated heterocycles. The maximum atomic E-state index is 12.7. The van der Waals surface area contributed by atoms with E-state index in [1.807, 2.05) is 42.5 Å². The molecule has 5 nitrogen and oxygen atoms in total. The van der Waals surface area contributed by atoms with Gasteiger partial charge in [-0.2, -0.15) is 0 Å². The van der Waals surface area contributed by atoms with Crippen molar-refractivity contribution in [2.24, 2.45) is 0 Å². The summed E-state index contributed by atoms with van der Waals surface area (Å²) in [6.45, 7) is 4.09. The molecule has 0 aliphatic carbocycles. The number of fused-ring (bicyclic) bond motifs is 1. The van der Waals surface area contributed by atoms with Gasteiger partial charge in [0.05, 0.1) is 18.8 Å². The van der Waals surface area contributed by atoms with E-state index < -0.39 is 5.97 Å². The molecule has 156 valence electrons. The second kappa shape index (κ2) is 8.88. The summed E-state index contributed by atoms with van der Waals surface area (Å²) in [4.78, 5) is 24.7. The average molecular weight is 414 g/mol. The van der Waals surface area contributed by atoms with E-state index in [1.165, 1.54) is 6.26 Å². The topological polar surface area (TPSA) is 65.7 Å². The lowest BCUT2D eigenvalue weighted by atomic mass is 9.94. The average Bonchev–Trinajstić information content (AvgIpc) is 3.24. The summed E-state index contributed by atoms with van der Waals surface area (Å²) in [5.41, 5.74) is 3.03. The Kier molecular flexibility index (Phi) is 5.85. The van der Waals surface area contributed by atoms with E-state index in [2.05, 4.69) is 0 Å². The van der Waals surface area contributed by atoms with Crippen LogP contribution in [0.1, 0.15) is 34.6 Å². The van der Waals surface area contributed by atoms with Gasteiger partial charge in [0.15, 0.2) is 0 Å². The fourth-order valence-corrected chi connectivity index (χ4v) is 3.61. The molecule has 0 bridgehead atoms. The number of carbonyl (C=O) groups excluding carboxylic acids is 2. The van der Waals surface area contributed by atoms with E-state index in [9.17, 15) is 9.59 Å². The van der Waals surface area contributed by atoms with Crippen LogP contribution >= 0.6 is 0 Å². The van der Waals surface area contributed by atoms with Gasteiger partial charge in [0, 0.05) is 11.1 Å². The van der Waals surface area contributed by atoms with Crippen LogP contribution in [0.5, 0.6) is 0 Å². The monoisotopic (exact) mass is 414 g/mol. The minimum atomic E-state index is -0.456. The highest BCUT2D eigenvalue weighted by molar-refractivity contribution is 6.05. The summed E-state index contributed by atoms with van der Waals surface area (Å²) >= 11 is 0. The van der Waals surface area contributed by atoms with Crippen LogP contribution in [-0.2, 0) is 9.47 Å². The third-order valence-corrected chi connectivity index (χ3v) is 5.01. The lowest BCUT2D eigenvalue weighted by Gasteiger charge is -2.10. The molecule has 0 atom stereocenters. The third kappa shape index (κ3) is 3.94. The number of hydrogen-bond donors (Lipinski definition) is 0. The molecule has 4 rings (SSSR count). The molecular formula is C26H22O5. The van der Waals surface area contributed by atoms with Gasteiger partial charge >= 0.3 is 11.9 Å². The van der Waals surface area contributed by atoms with Gasteiger partial charge in [-0.3, -0.25) is 0 Å². The Morgan fingerprint density at radius 1 is 0.806 bits per heavy atom. The summed E-state index contributed by atoms with van der Waals surface area (Å²) < 4.78 is 16.2. The predicted molar refractivity (Wildman–Crippen MR) is 119 cm³/mol. The van der Waals surface area contributed by atoms with Crippen LogP contribution in [0.25, 0.3) is 33.2 Å². The molecule has 31 heavy (non-hydrogen) atoms. The maximum Gasteiger partial charge on any atom is 0.342 e. The van der Waals surface area contributed by atoms with Gasteiger partial charge in [0.2, 0.25) is 0 Å². The molecule has 0 saturated carbocycles. The second-order valence-electron chi connectivity index (χ2n) is 6.90. The van der Waals surface area contributed by atoms with E-state index in [-0.39, 0.29) is 12.6 Å². The van der Waals surface area contributed by atoms with Crippen molar-refractivity contribution in [3.05, 3.63) is 84.1 Å². The first-order chi connectivity index (χ1) is 15.1. The largest absolute Gasteiger partial charge is 0.463 e. The quantitative estimate of drug-likeness (QED) is 0.356. The zero-order valence-electron chi connectivity index (χ0n) is 17.4. The molecule has 0 spiro atoms. The van der Waals surface area contributed by atoms with Crippen LogP contribution in [0.3, 0.4) is 0 Å². The van der Waals surface area contributed by atoms with Gasteiger partial charge in [-0.15, -0.1) is 0 Å². The molecule has 3 aromatic carbocycles. The number of esters is 2. The number of carbonyl (C=O) groups is 2. The highest BCUT2D eigenvalue weighted by atomic mass is 16.5. The van der Waals surface area contributed by atoms with Crippen LogP contribution in [0.4, 0.5) is 0 Å². The van der Waals surface area contributed by atoms with Crippen molar-refractivity contribution in [1.29, 1.82) is 0 Å². The number of ether oxygens (including phenoxy) is 2. The summed E-state index contributed by atoms with van der Waals surface area (Å²) in [7, 11) is 0. The first-order valence-corrected chi connectivity index (χ1v) is 10.2. The van der Waals surface area contributed by atoms with E-state index in [0.717, 1.165) is 21.9 Å². The van der Waals surface area contributed by atoms with Crippen molar-refractivity contribution in [2.45, 2.75) is 13.8 Å². The Hall–Kier alpha value is -3.86. The SMILES string of the molecule is CCOC(=O)c1ccc(-c2c(C(=O)OCC)coc2-c2cccc3ccccc23)cc1. The van der Waals surface area contributed by atoms with E-state index in [4.69, 9.17) is 13.9 Å². The van der Waals surface area contributed by atoms with Crippen molar-refractivity contribution in [3.63, 3.8) is 0 Å². The van der Waals surface area contributed by atoms with Crippen molar-refractivity contribution in [1.82, 2.24) is 0 Å². The molecule has 0 aliphatic rings. The predicted octanol–water partition coefficient (Wildman–Crippen LogP) is 6.12. The first-order valence-electron chi connectivity index (χ1n) is 10.2. The van der Waals surface area contributed by atoms with Gasteiger partial charge in [-0.05, 0) is 42.3 Å². The van der Waals surface area contributed by atoms with Crippen molar-refractivity contribution >= 4 is 22.7 Å². The minimum absolute atomic E-state index is 0.259. The molecule has 0 radical (unpaired) electrons. The molecule has 0 unspecified atom stereocenters. The van der Waals surface area contributed by atoms with Crippen LogP contribution in [-0.4, -0.2) is 25.2 Å². The molecular weight excluding hydrogens is 392 g/mol. The minimum Gasteiger partial charge on any atom is -0.463 e. The number of benzene rings is 3. The van der Waals surface area contributed by atoms with Crippen molar-refractivity contribution in [2.75, 3.05) is 13.2 Å². The smallest absolute Gasteiger partial charge is 0.342 e. The lowest BCUT2D eigenvalue weighted by Crippen LogP contribution is -2.06. The van der Waals surface area contributed by atoms with Gasteiger partial charge in [-0.25, -0.2) is 9.59 Å². The maximum absolute atomic E-state index is 12.7. The van der Waals surface area contributed by atoms with E-state index >= 15 is 0 Å². The fraction of sp³-hybridized carbons (Fsp3) is 0.154. The summed E-state index contributed by atoms with van der Waals surface area (Å²) in [5, 5.41) is 2.08. The van der Waals surface area contributed by atoms with Crippen LogP contribution in [0, 0.1) is 0 Å². The third-order valence-electron chi connectivity index (χ3n) is 5.01. The molecule has 5 heteroatoms. The molecule has 1 heterocycles. The van der Waals surface area contributed by atoms with Gasteiger partial charge in [0.1, 0.15) is 17.6 Å². The molecule has 1 aromatic heterocycles. The zero-order valence-corrected chi connectivity index (χ0v) is 17.4. The molecule has 0 amide bonds. The molecule has 0 fully saturated rings.